The molecule has 0 heterocycles. The van der Waals surface area contributed by atoms with Gasteiger partial charge in [-0.2, -0.15) is 0 Å². The Hall–Kier alpha value is -3.22. The van der Waals surface area contributed by atoms with Crippen molar-refractivity contribution in [2.75, 3.05) is 27.9 Å². The predicted molar refractivity (Wildman–Crippen MR) is 103 cm³/mol. The Morgan fingerprint density at radius 1 is 0.893 bits per heavy atom. The fraction of sp³-hybridized carbons (Fsp3) is 0.333. The second-order valence-electron chi connectivity index (χ2n) is 5.78. The molecule has 0 unspecified atom stereocenters. The minimum absolute atomic E-state index is 0.131. The molecule has 0 aliphatic rings. The average molecular weight is 388 g/mol. The first kappa shape index (κ1) is 21.1. The van der Waals surface area contributed by atoms with Crippen LogP contribution in [0.4, 0.5) is 0 Å². The lowest BCUT2D eigenvalue weighted by molar-refractivity contribution is 0.0315. The molecule has 2 aromatic carbocycles. The molecule has 28 heavy (non-hydrogen) atoms. The second kappa shape index (κ2) is 9.64. The molecule has 2 aromatic rings. The second-order valence-corrected chi connectivity index (χ2v) is 5.78. The van der Waals surface area contributed by atoms with Gasteiger partial charge in [-0.3, -0.25) is 4.79 Å². The van der Waals surface area contributed by atoms with E-state index in [4.69, 9.17) is 23.7 Å². The van der Waals surface area contributed by atoms with E-state index in [9.17, 15) is 9.59 Å². The fourth-order valence-electron chi connectivity index (χ4n) is 2.58. The van der Waals surface area contributed by atoms with Gasteiger partial charge < -0.3 is 23.7 Å². The van der Waals surface area contributed by atoms with Crippen LogP contribution in [0.25, 0.3) is 0 Å². The summed E-state index contributed by atoms with van der Waals surface area (Å²) in [5, 5.41) is 0. The number of benzene rings is 2. The van der Waals surface area contributed by atoms with Crippen molar-refractivity contribution in [3.05, 3.63) is 47.5 Å². The van der Waals surface area contributed by atoms with E-state index < -0.39 is 12.1 Å². The van der Waals surface area contributed by atoms with E-state index in [-0.39, 0.29) is 17.1 Å². The molecule has 0 aliphatic heterocycles. The van der Waals surface area contributed by atoms with E-state index in [2.05, 4.69) is 0 Å². The molecule has 2 rings (SSSR count). The Kier molecular flexibility index (Phi) is 7.26. The van der Waals surface area contributed by atoms with Crippen LogP contribution in [0.2, 0.25) is 0 Å². The maximum absolute atomic E-state index is 12.6. The van der Waals surface area contributed by atoms with Gasteiger partial charge in [0.15, 0.2) is 17.6 Å². The van der Waals surface area contributed by atoms with Crippen molar-refractivity contribution in [3.63, 3.8) is 0 Å². The largest absolute Gasteiger partial charge is 0.496 e. The fourth-order valence-corrected chi connectivity index (χ4v) is 2.58. The maximum Gasteiger partial charge on any atom is 0.342 e. The third kappa shape index (κ3) is 4.73. The summed E-state index contributed by atoms with van der Waals surface area (Å²) in [4.78, 5) is 25.2. The van der Waals surface area contributed by atoms with Crippen molar-refractivity contribution in [2.45, 2.75) is 20.0 Å². The zero-order chi connectivity index (χ0) is 20.7. The molecule has 0 saturated heterocycles. The third-order valence-electron chi connectivity index (χ3n) is 4.03. The zero-order valence-electron chi connectivity index (χ0n) is 16.6. The van der Waals surface area contributed by atoms with Crippen LogP contribution in [0.1, 0.15) is 34.6 Å². The standard InChI is InChI=1S/C21H24O7/c1-6-27-15-9-7-14(8-10-15)20(22)13(2)28-21(23)16-11-18(25-4)19(26-5)12-17(16)24-3/h7-13H,6H2,1-5H3/t13-/m1/s1. The van der Waals surface area contributed by atoms with Crippen LogP contribution in [-0.2, 0) is 4.74 Å². The smallest absolute Gasteiger partial charge is 0.342 e. The van der Waals surface area contributed by atoms with Crippen molar-refractivity contribution in [2.24, 2.45) is 0 Å². The van der Waals surface area contributed by atoms with Crippen LogP contribution < -0.4 is 18.9 Å². The van der Waals surface area contributed by atoms with E-state index in [1.165, 1.54) is 40.4 Å². The van der Waals surface area contributed by atoms with Crippen LogP contribution in [0, 0.1) is 0 Å². The molecule has 0 fully saturated rings. The summed E-state index contributed by atoms with van der Waals surface area (Å²) in [6, 6.07) is 9.64. The first-order valence-electron chi connectivity index (χ1n) is 8.73. The molecule has 0 aromatic heterocycles. The van der Waals surface area contributed by atoms with Gasteiger partial charge >= 0.3 is 5.97 Å². The summed E-state index contributed by atoms with van der Waals surface area (Å²) in [5.74, 6) is 0.651. The molecule has 0 spiro atoms. The Balaban J connectivity index is 2.18. The van der Waals surface area contributed by atoms with Gasteiger partial charge in [-0.05, 0) is 38.1 Å². The summed E-state index contributed by atoms with van der Waals surface area (Å²) in [5.41, 5.74) is 0.550. The molecule has 0 saturated carbocycles. The highest BCUT2D eigenvalue weighted by Gasteiger charge is 2.24. The number of Topliss-reactive ketones (excluding diaryl/α,β-unsaturated/α-hetero) is 1. The van der Waals surface area contributed by atoms with Gasteiger partial charge in [0.05, 0.1) is 27.9 Å². The van der Waals surface area contributed by atoms with Crippen molar-refractivity contribution in [3.8, 4) is 23.0 Å². The highest BCUT2D eigenvalue weighted by molar-refractivity contribution is 6.02. The van der Waals surface area contributed by atoms with Crippen LogP contribution in [0.15, 0.2) is 36.4 Å². The van der Waals surface area contributed by atoms with Crippen molar-refractivity contribution in [1.82, 2.24) is 0 Å². The first-order chi connectivity index (χ1) is 13.4. The van der Waals surface area contributed by atoms with E-state index in [1.807, 2.05) is 6.92 Å². The lowest BCUT2D eigenvalue weighted by Crippen LogP contribution is -2.24. The van der Waals surface area contributed by atoms with Gasteiger partial charge in [-0.25, -0.2) is 4.79 Å². The molecule has 0 radical (unpaired) electrons. The SMILES string of the molecule is CCOc1ccc(C(=O)[C@@H](C)OC(=O)c2cc(OC)c(OC)cc2OC)cc1. The monoisotopic (exact) mass is 388 g/mol. The predicted octanol–water partition coefficient (Wildman–Crippen LogP) is 3.54. The van der Waals surface area contributed by atoms with E-state index >= 15 is 0 Å². The number of ether oxygens (including phenoxy) is 5. The van der Waals surface area contributed by atoms with E-state index in [1.54, 1.807) is 24.3 Å². The van der Waals surface area contributed by atoms with E-state index in [0.29, 0.717) is 29.4 Å². The summed E-state index contributed by atoms with van der Waals surface area (Å²) in [6.45, 7) is 3.93. The van der Waals surface area contributed by atoms with Gasteiger partial charge in [0.25, 0.3) is 0 Å². The molecular formula is C21H24O7. The highest BCUT2D eigenvalue weighted by atomic mass is 16.5. The average Bonchev–Trinajstić information content (AvgIpc) is 2.72. The number of carbonyl (C=O) groups excluding carboxylic acids is 2. The summed E-state index contributed by atoms with van der Waals surface area (Å²) < 4.78 is 26.4. The minimum Gasteiger partial charge on any atom is -0.496 e. The highest BCUT2D eigenvalue weighted by Crippen LogP contribution is 2.35. The Bertz CT molecular complexity index is 827. The van der Waals surface area contributed by atoms with Crippen LogP contribution in [-0.4, -0.2) is 45.8 Å². The summed E-state index contributed by atoms with van der Waals surface area (Å²) in [7, 11) is 4.36. The normalized spacial score (nSPS) is 11.3. The molecule has 0 N–H and O–H groups in total. The third-order valence-corrected chi connectivity index (χ3v) is 4.03. The molecule has 7 nitrogen and oxygen atoms in total. The number of rotatable bonds is 9. The number of ketones is 1. The number of esters is 1. The topological polar surface area (TPSA) is 80.3 Å². The number of carbonyl (C=O) groups is 2. The minimum atomic E-state index is -0.983. The van der Waals surface area contributed by atoms with Crippen molar-refractivity contribution in [1.29, 1.82) is 0 Å². The lowest BCUT2D eigenvalue weighted by atomic mass is 10.1. The number of methoxy groups -OCH3 is 3. The van der Waals surface area contributed by atoms with Crippen molar-refractivity contribution < 1.29 is 33.3 Å². The maximum atomic E-state index is 12.6. The van der Waals surface area contributed by atoms with E-state index in [0.717, 1.165) is 0 Å². The Morgan fingerprint density at radius 3 is 2.00 bits per heavy atom. The molecule has 7 heteroatoms. The molecule has 0 aliphatic carbocycles. The number of hydrogen-bond donors (Lipinski definition) is 0. The molecule has 0 bridgehead atoms. The quantitative estimate of drug-likeness (QED) is 0.480. The molecular weight excluding hydrogens is 364 g/mol. The molecule has 150 valence electrons. The van der Waals surface area contributed by atoms with Gasteiger partial charge in [0.2, 0.25) is 5.78 Å². The Morgan fingerprint density at radius 2 is 1.46 bits per heavy atom. The van der Waals surface area contributed by atoms with Gasteiger partial charge in [-0.1, -0.05) is 0 Å². The zero-order valence-corrected chi connectivity index (χ0v) is 16.6. The van der Waals surface area contributed by atoms with Crippen LogP contribution in [0.3, 0.4) is 0 Å². The van der Waals surface area contributed by atoms with Crippen LogP contribution in [0.5, 0.6) is 23.0 Å². The molecule has 0 amide bonds. The van der Waals surface area contributed by atoms with Gasteiger partial charge in [-0.15, -0.1) is 0 Å². The van der Waals surface area contributed by atoms with Crippen LogP contribution >= 0.6 is 0 Å². The molecule has 1 atom stereocenters. The summed E-state index contributed by atoms with van der Waals surface area (Å²) in [6.07, 6.45) is -0.983. The Labute approximate surface area is 164 Å². The first-order valence-corrected chi connectivity index (χ1v) is 8.73. The summed E-state index contributed by atoms with van der Waals surface area (Å²) >= 11 is 0. The van der Waals surface area contributed by atoms with Gasteiger partial charge in [0, 0.05) is 17.7 Å². The number of hydrogen-bond acceptors (Lipinski definition) is 7. The van der Waals surface area contributed by atoms with Gasteiger partial charge in [0.1, 0.15) is 17.1 Å². The lowest BCUT2D eigenvalue weighted by Gasteiger charge is -2.16. The van der Waals surface area contributed by atoms with Crippen molar-refractivity contribution >= 4 is 11.8 Å².